The van der Waals surface area contributed by atoms with Crippen LogP contribution in [0, 0.1) is 0 Å². The summed E-state index contributed by atoms with van der Waals surface area (Å²) in [5.41, 5.74) is 2.67. The Morgan fingerprint density at radius 3 is 2.90 bits per heavy atom. The molecule has 0 aromatic carbocycles. The Hall–Kier alpha value is -1.23. The first-order valence-electron chi connectivity index (χ1n) is 7.10. The van der Waals surface area contributed by atoms with E-state index in [2.05, 4.69) is 45.8 Å². The second-order valence-electron chi connectivity index (χ2n) is 5.36. The lowest BCUT2D eigenvalue weighted by Gasteiger charge is -2.36. The summed E-state index contributed by atoms with van der Waals surface area (Å²) in [5.74, 6) is 0. The quantitative estimate of drug-likeness (QED) is 0.864. The Kier molecular flexibility index (Phi) is 4.45. The summed E-state index contributed by atoms with van der Waals surface area (Å²) >= 11 is 1.74. The van der Waals surface area contributed by atoms with Crippen LogP contribution < -0.4 is 0 Å². The van der Waals surface area contributed by atoms with Crippen molar-refractivity contribution in [2.24, 2.45) is 0 Å². The molecule has 2 atom stereocenters. The van der Waals surface area contributed by atoms with Crippen LogP contribution in [-0.4, -0.2) is 35.6 Å². The highest BCUT2D eigenvalue weighted by molar-refractivity contribution is 7.07. The van der Waals surface area contributed by atoms with Gasteiger partial charge < -0.3 is 4.74 Å². The summed E-state index contributed by atoms with van der Waals surface area (Å²) in [6.45, 7) is 5.26. The van der Waals surface area contributed by atoms with Gasteiger partial charge in [-0.3, -0.25) is 9.88 Å². The minimum atomic E-state index is 0.224. The maximum atomic E-state index is 6.07. The molecule has 0 amide bonds. The maximum absolute atomic E-state index is 6.07. The predicted molar refractivity (Wildman–Crippen MR) is 82.0 cm³/mol. The zero-order chi connectivity index (χ0) is 13.8. The normalized spacial score (nSPS) is 23.9. The van der Waals surface area contributed by atoms with Crippen LogP contribution >= 0.6 is 11.3 Å². The van der Waals surface area contributed by atoms with Gasteiger partial charge >= 0.3 is 0 Å². The Morgan fingerprint density at radius 1 is 1.30 bits per heavy atom. The van der Waals surface area contributed by atoms with E-state index < -0.39 is 0 Å². The number of pyridine rings is 1. The molecular formula is C16H20N2OS. The van der Waals surface area contributed by atoms with Gasteiger partial charge in [-0.15, -0.1) is 0 Å². The second kappa shape index (κ2) is 6.48. The highest BCUT2D eigenvalue weighted by Gasteiger charge is 2.26. The smallest absolute Gasteiger partial charge is 0.0964 e. The van der Waals surface area contributed by atoms with E-state index in [0.717, 1.165) is 26.1 Å². The molecule has 1 saturated heterocycles. The fraction of sp³-hybridized carbons (Fsp3) is 0.438. The van der Waals surface area contributed by atoms with Crippen LogP contribution in [0.5, 0.6) is 0 Å². The first-order chi connectivity index (χ1) is 9.81. The first kappa shape index (κ1) is 13.7. The van der Waals surface area contributed by atoms with Gasteiger partial charge in [0.05, 0.1) is 12.2 Å². The molecule has 3 heterocycles. The van der Waals surface area contributed by atoms with Gasteiger partial charge in [-0.2, -0.15) is 11.3 Å². The van der Waals surface area contributed by atoms with Crippen molar-refractivity contribution in [2.75, 3.05) is 19.6 Å². The molecule has 0 radical (unpaired) electrons. The standard InChI is InChI=1S/C16H20N2OS/c1-13-10-18(8-4-14-2-6-17-7-3-14)11-16(19-13)15-5-9-20-12-15/h2-3,5-7,9,12-13,16H,4,8,10-11H2,1H3/t13-,16+/m1/s1. The number of nitrogens with zero attached hydrogens (tertiary/aromatic N) is 2. The molecule has 0 bridgehead atoms. The Labute approximate surface area is 124 Å². The summed E-state index contributed by atoms with van der Waals surface area (Å²) < 4.78 is 6.07. The summed E-state index contributed by atoms with van der Waals surface area (Å²) in [5, 5.41) is 4.32. The van der Waals surface area contributed by atoms with Gasteiger partial charge in [0.25, 0.3) is 0 Å². The molecule has 3 nitrogen and oxygen atoms in total. The Bertz CT molecular complexity index is 515. The van der Waals surface area contributed by atoms with Gasteiger partial charge in [0.1, 0.15) is 0 Å². The van der Waals surface area contributed by atoms with E-state index in [9.17, 15) is 0 Å². The van der Waals surface area contributed by atoms with Crippen LogP contribution in [0.1, 0.15) is 24.2 Å². The molecule has 3 rings (SSSR count). The zero-order valence-electron chi connectivity index (χ0n) is 11.7. The largest absolute Gasteiger partial charge is 0.368 e. The van der Waals surface area contributed by atoms with Crippen LogP contribution in [-0.2, 0) is 11.2 Å². The third-order valence-corrected chi connectivity index (χ3v) is 4.42. The van der Waals surface area contributed by atoms with E-state index in [4.69, 9.17) is 4.74 Å². The van der Waals surface area contributed by atoms with Crippen molar-refractivity contribution in [3.05, 3.63) is 52.5 Å². The number of ether oxygens (including phenoxy) is 1. The predicted octanol–water partition coefficient (Wildman–Crippen LogP) is 3.15. The molecule has 0 aliphatic carbocycles. The molecule has 2 aromatic heterocycles. The van der Waals surface area contributed by atoms with E-state index in [1.54, 1.807) is 11.3 Å². The molecule has 1 aliphatic heterocycles. The maximum Gasteiger partial charge on any atom is 0.0964 e. The van der Waals surface area contributed by atoms with Gasteiger partial charge in [0.2, 0.25) is 0 Å². The highest BCUT2D eigenvalue weighted by Crippen LogP contribution is 2.26. The van der Waals surface area contributed by atoms with Crippen LogP contribution in [0.4, 0.5) is 0 Å². The lowest BCUT2D eigenvalue weighted by Crippen LogP contribution is -2.43. The van der Waals surface area contributed by atoms with Crippen LogP contribution in [0.25, 0.3) is 0 Å². The average Bonchev–Trinajstić information content (AvgIpc) is 3.00. The van der Waals surface area contributed by atoms with Crippen LogP contribution in [0.2, 0.25) is 0 Å². The van der Waals surface area contributed by atoms with E-state index in [0.29, 0.717) is 6.10 Å². The molecular weight excluding hydrogens is 268 g/mol. The van der Waals surface area contributed by atoms with Crippen molar-refractivity contribution >= 4 is 11.3 Å². The lowest BCUT2D eigenvalue weighted by atomic mass is 10.1. The molecule has 20 heavy (non-hydrogen) atoms. The third kappa shape index (κ3) is 3.45. The zero-order valence-corrected chi connectivity index (χ0v) is 12.6. The fourth-order valence-electron chi connectivity index (χ4n) is 2.70. The molecule has 0 unspecified atom stereocenters. The summed E-state index contributed by atoms with van der Waals surface area (Å²) in [6.07, 6.45) is 5.33. The topological polar surface area (TPSA) is 25.4 Å². The van der Waals surface area contributed by atoms with E-state index in [-0.39, 0.29) is 6.10 Å². The molecule has 0 N–H and O–H groups in total. The number of thiophene rings is 1. The molecule has 106 valence electrons. The Morgan fingerprint density at radius 2 is 2.15 bits per heavy atom. The van der Waals surface area contributed by atoms with Crippen molar-refractivity contribution < 1.29 is 4.74 Å². The number of aromatic nitrogens is 1. The van der Waals surface area contributed by atoms with Gasteiger partial charge in [-0.25, -0.2) is 0 Å². The average molecular weight is 288 g/mol. The molecule has 0 saturated carbocycles. The molecule has 1 fully saturated rings. The van der Waals surface area contributed by atoms with Crippen molar-refractivity contribution in [2.45, 2.75) is 25.6 Å². The fourth-order valence-corrected chi connectivity index (χ4v) is 3.40. The van der Waals surface area contributed by atoms with Gasteiger partial charge in [0, 0.05) is 32.0 Å². The van der Waals surface area contributed by atoms with Crippen molar-refractivity contribution in [3.63, 3.8) is 0 Å². The number of rotatable bonds is 4. The SMILES string of the molecule is C[C@@H]1CN(CCc2ccncc2)C[C@@H](c2ccsc2)O1. The van der Waals surface area contributed by atoms with Gasteiger partial charge in [-0.1, -0.05) is 0 Å². The van der Waals surface area contributed by atoms with Crippen LogP contribution in [0.15, 0.2) is 41.4 Å². The van der Waals surface area contributed by atoms with E-state index >= 15 is 0 Å². The highest BCUT2D eigenvalue weighted by atomic mass is 32.1. The molecule has 4 heteroatoms. The van der Waals surface area contributed by atoms with E-state index in [1.807, 2.05) is 12.4 Å². The third-order valence-electron chi connectivity index (χ3n) is 3.72. The van der Waals surface area contributed by atoms with Gasteiger partial charge in [-0.05, 0) is 53.4 Å². The number of morpholine rings is 1. The summed E-state index contributed by atoms with van der Waals surface area (Å²) in [4.78, 5) is 6.58. The first-order valence-corrected chi connectivity index (χ1v) is 8.04. The van der Waals surface area contributed by atoms with Crippen LogP contribution in [0.3, 0.4) is 0 Å². The van der Waals surface area contributed by atoms with Crippen molar-refractivity contribution in [1.29, 1.82) is 0 Å². The monoisotopic (exact) mass is 288 g/mol. The number of hydrogen-bond acceptors (Lipinski definition) is 4. The minimum absolute atomic E-state index is 0.224. The Balaban J connectivity index is 1.59. The van der Waals surface area contributed by atoms with Gasteiger partial charge in [0.15, 0.2) is 0 Å². The second-order valence-corrected chi connectivity index (χ2v) is 6.14. The lowest BCUT2D eigenvalue weighted by molar-refractivity contribution is -0.0783. The molecule has 1 aliphatic rings. The van der Waals surface area contributed by atoms with E-state index in [1.165, 1.54) is 11.1 Å². The van der Waals surface area contributed by atoms with Crippen molar-refractivity contribution in [1.82, 2.24) is 9.88 Å². The summed E-state index contributed by atoms with van der Waals surface area (Å²) in [6, 6.07) is 6.37. The summed E-state index contributed by atoms with van der Waals surface area (Å²) in [7, 11) is 0. The molecule has 2 aromatic rings. The van der Waals surface area contributed by atoms with Crippen molar-refractivity contribution in [3.8, 4) is 0 Å². The molecule has 0 spiro atoms. The number of hydrogen-bond donors (Lipinski definition) is 0. The minimum Gasteiger partial charge on any atom is -0.368 e.